The van der Waals surface area contributed by atoms with Gasteiger partial charge >= 0.3 is 29.6 Å². The third-order valence-corrected chi connectivity index (χ3v) is 4.63. The van der Waals surface area contributed by atoms with Crippen LogP contribution < -0.4 is 40.0 Å². The second kappa shape index (κ2) is 8.65. The van der Waals surface area contributed by atoms with Crippen LogP contribution >= 0.6 is 0 Å². The third kappa shape index (κ3) is 4.19. The minimum atomic E-state index is -3.33. The maximum absolute atomic E-state index is 14.0. The van der Waals surface area contributed by atoms with Crippen LogP contribution in [-0.2, 0) is 0 Å². The third-order valence-electron chi connectivity index (χ3n) is 4.63. The molecule has 1 N–H and O–H groups in total. The van der Waals surface area contributed by atoms with E-state index >= 15 is 0 Å². The summed E-state index contributed by atoms with van der Waals surface area (Å²) in [5, 5.41) is 15.0. The predicted molar refractivity (Wildman–Crippen MR) is 86.6 cm³/mol. The zero-order valence-electron chi connectivity index (χ0n) is 14.7. The summed E-state index contributed by atoms with van der Waals surface area (Å²) in [5.74, 6) is -1.69. The van der Waals surface area contributed by atoms with Crippen LogP contribution in [0.2, 0.25) is 0 Å². The summed E-state index contributed by atoms with van der Waals surface area (Å²) < 4.78 is 40.2. The van der Waals surface area contributed by atoms with E-state index in [2.05, 4.69) is 10.2 Å². The molecule has 1 aliphatic heterocycles. The Bertz CT molecular complexity index is 776. The quantitative estimate of drug-likeness (QED) is 0.697. The van der Waals surface area contributed by atoms with Gasteiger partial charge in [-0.15, -0.1) is 0 Å². The number of carbonyl (C=O) groups is 1. The van der Waals surface area contributed by atoms with Crippen molar-refractivity contribution in [2.45, 2.75) is 31.6 Å². The van der Waals surface area contributed by atoms with Crippen LogP contribution in [0.1, 0.15) is 29.6 Å². The molecule has 5 nitrogen and oxygen atoms in total. The number of hydrogen-bond acceptors (Lipinski definition) is 4. The first-order valence-corrected chi connectivity index (χ1v) is 8.11. The molecule has 1 aromatic carbocycles. The maximum Gasteiger partial charge on any atom is 1.00 e. The standard InChI is InChI=1S/C17H20F3N3O2.Na/c1-22-7-5-10(6-8-22)21-12-3-2-4-13-11(12)9-14(17(24)25)23(13)16(20)15(18)19;/h2-4,9-10,15-16,21H,5-8H2,1H3,(H,24,25);/q;+1/p-1. The number of aromatic carboxylic acids is 1. The number of nitrogens with zero attached hydrogens (tertiary/aromatic N) is 2. The van der Waals surface area contributed by atoms with Crippen LogP contribution in [0.5, 0.6) is 0 Å². The SMILES string of the molecule is CN1CCC(Nc2cccc3c2cc(C(=O)[O-])n3C(F)C(F)F)CC1.[Na+]. The van der Waals surface area contributed by atoms with Gasteiger partial charge in [0.15, 0.2) is 0 Å². The number of carboxylic acid groups (broad SMARTS) is 1. The second-order valence-corrected chi connectivity index (χ2v) is 6.35. The molecule has 2 heterocycles. The molecule has 1 aromatic heterocycles. The van der Waals surface area contributed by atoms with E-state index in [9.17, 15) is 23.1 Å². The zero-order chi connectivity index (χ0) is 18.1. The van der Waals surface area contributed by atoms with Crippen LogP contribution in [-0.4, -0.2) is 48.0 Å². The molecule has 1 saturated heterocycles. The average Bonchev–Trinajstić information content (AvgIpc) is 2.97. The van der Waals surface area contributed by atoms with Crippen molar-refractivity contribution in [3.63, 3.8) is 0 Å². The summed E-state index contributed by atoms with van der Waals surface area (Å²) in [7, 11) is 2.04. The van der Waals surface area contributed by atoms with Gasteiger partial charge in [0, 0.05) is 17.1 Å². The van der Waals surface area contributed by atoms with E-state index in [0.717, 1.165) is 25.9 Å². The number of hydrogen-bond donors (Lipinski definition) is 1. The van der Waals surface area contributed by atoms with Gasteiger partial charge < -0.3 is 24.7 Å². The smallest absolute Gasteiger partial charge is 0.543 e. The number of likely N-dealkylation sites (tertiary alicyclic amines) is 1. The molecule has 0 bridgehead atoms. The molecule has 0 aliphatic carbocycles. The molecule has 0 saturated carbocycles. The van der Waals surface area contributed by atoms with Crippen LogP contribution in [0.15, 0.2) is 24.3 Å². The summed E-state index contributed by atoms with van der Waals surface area (Å²) in [4.78, 5) is 13.5. The first-order valence-electron chi connectivity index (χ1n) is 8.11. The Morgan fingerprint density at radius 1 is 1.27 bits per heavy atom. The molecule has 3 rings (SSSR count). The summed E-state index contributed by atoms with van der Waals surface area (Å²) in [5.41, 5.74) is 0.111. The molecule has 26 heavy (non-hydrogen) atoms. The number of anilines is 1. The van der Waals surface area contributed by atoms with E-state index in [0.29, 0.717) is 15.6 Å². The largest absolute Gasteiger partial charge is 1.00 e. The zero-order valence-corrected chi connectivity index (χ0v) is 16.7. The second-order valence-electron chi connectivity index (χ2n) is 6.35. The number of carbonyl (C=O) groups excluding carboxylic acids is 1. The summed E-state index contributed by atoms with van der Waals surface area (Å²) in [6.07, 6.45) is -4.27. The molecule has 1 aliphatic rings. The summed E-state index contributed by atoms with van der Waals surface area (Å²) >= 11 is 0. The maximum atomic E-state index is 14.0. The van der Waals surface area contributed by atoms with Crippen molar-refractivity contribution in [1.82, 2.24) is 9.47 Å². The molecule has 0 radical (unpaired) electrons. The van der Waals surface area contributed by atoms with Gasteiger partial charge in [-0.25, -0.2) is 13.2 Å². The molecule has 2 aromatic rings. The van der Waals surface area contributed by atoms with Crippen LogP contribution in [0, 0.1) is 0 Å². The van der Waals surface area contributed by atoms with Crippen LogP contribution in [0.25, 0.3) is 10.9 Å². The number of nitrogens with one attached hydrogen (secondary N) is 1. The Labute approximate surface area is 171 Å². The number of fused-ring (bicyclic) bond motifs is 1. The van der Waals surface area contributed by atoms with Crippen molar-refractivity contribution in [1.29, 1.82) is 0 Å². The molecule has 0 amide bonds. The fourth-order valence-electron chi connectivity index (χ4n) is 3.29. The number of aromatic nitrogens is 1. The van der Waals surface area contributed by atoms with Gasteiger partial charge in [0.05, 0.1) is 17.2 Å². The Balaban J connectivity index is 0.00000243. The Hall–Kier alpha value is -1.22. The minimum Gasteiger partial charge on any atom is -0.543 e. The van der Waals surface area contributed by atoms with Crippen molar-refractivity contribution in [3.05, 3.63) is 30.0 Å². The molecule has 0 spiro atoms. The summed E-state index contributed by atoms with van der Waals surface area (Å²) in [6, 6.07) is 6.13. The van der Waals surface area contributed by atoms with Crippen molar-refractivity contribution >= 4 is 22.6 Å². The van der Waals surface area contributed by atoms with Gasteiger partial charge in [0.25, 0.3) is 6.43 Å². The molecular formula is C17H19F3N3NaO2. The minimum absolute atomic E-state index is 0. The molecule has 1 fully saturated rings. The molecule has 1 atom stereocenters. The van der Waals surface area contributed by atoms with Crippen molar-refractivity contribution < 1.29 is 52.6 Å². The van der Waals surface area contributed by atoms with E-state index in [-0.39, 0.29) is 41.1 Å². The van der Waals surface area contributed by atoms with E-state index in [1.807, 2.05) is 7.05 Å². The Kier molecular flexibility index (Phi) is 7.01. The van der Waals surface area contributed by atoms with Gasteiger partial charge in [-0.3, -0.25) is 0 Å². The normalized spacial score (nSPS) is 17.3. The van der Waals surface area contributed by atoms with Crippen molar-refractivity contribution in [2.75, 3.05) is 25.5 Å². The number of benzene rings is 1. The number of carboxylic acids is 1. The monoisotopic (exact) mass is 377 g/mol. The molecule has 1 unspecified atom stereocenters. The fourth-order valence-corrected chi connectivity index (χ4v) is 3.29. The number of rotatable bonds is 5. The van der Waals surface area contributed by atoms with Crippen molar-refractivity contribution in [3.8, 4) is 0 Å². The van der Waals surface area contributed by atoms with E-state index < -0.39 is 24.4 Å². The van der Waals surface area contributed by atoms with Gasteiger partial charge in [0.2, 0.25) is 6.30 Å². The topological polar surface area (TPSA) is 60.3 Å². The first kappa shape index (κ1) is 21.1. The van der Waals surface area contributed by atoms with Crippen LogP contribution in [0.4, 0.5) is 18.9 Å². The van der Waals surface area contributed by atoms with E-state index in [1.165, 1.54) is 12.1 Å². The van der Waals surface area contributed by atoms with Gasteiger partial charge in [0.1, 0.15) is 0 Å². The molecule has 136 valence electrons. The van der Waals surface area contributed by atoms with E-state index in [1.54, 1.807) is 12.1 Å². The number of piperidine rings is 1. The summed E-state index contributed by atoms with van der Waals surface area (Å²) in [6.45, 7) is 1.85. The van der Waals surface area contributed by atoms with Crippen molar-refractivity contribution in [2.24, 2.45) is 0 Å². The van der Waals surface area contributed by atoms with E-state index in [4.69, 9.17) is 0 Å². The molecule has 9 heteroatoms. The van der Waals surface area contributed by atoms with Gasteiger partial charge in [-0.05, 0) is 51.2 Å². The average molecular weight is 377 g/mol. The fraction of sp³-hybridized carbons (Fsp3) is 0.471. The number of alkyl halides is 3. The van der Waals surface area contributed by atoms with Gasteiger partial charge in [-0.1, -0.05) is 6.07 Å². The van der Waals surface area contributed by atoms with Gasteiger partial charge in [-0.2, -0.15) is 0 Å². The first-order chi connectivity index (χ1) is 11.9. The van der Waals surface area contributed by atoms with Crippen LogP contribution in [0.3, 0.4) is 0 Å². The molecular weight excluding hydrogens is 358 g/mol. The Morgan fingerprint density at radius 2 is 1.92 bits per heavy atom. The Morgan fingerprint density at radius 3 is 2.50 bits per heavy atom. The predicted octanol–water partition coefficient (Wildman–Crippen LogP) is -0.752. The number of halogens is 3.